The van der Waals surface area contributed by atoms with E-state index in [4.69, 9.17) is 5.73 Å². The van der Waals surface area contributed by atoms with E-state index in [0.29, 0.717) is 6.54 Å². The van der Waals surface area contributed by atoms with Gasteiger partial charge in [-0.2, -0.15) is 0 Å². The fourth-order valence-corrected chi connectivity index (χ4v) is 2.97. The van der Waals surface area contributed by atoms with Gasteiger partial charge in [-0.05, 0) is 37.2 Å². The monoisotopic (exact) mass is 274 g/mol. The maximum absolute atomic E-state index is 12.4. The fraction of sp³-hybridized carbons (Fsp3) is 0.533. The largest absolute Gasteiger partial charge is 0.399 e. The Hall–Kier alpha value is -1.75. The van der Waals surface area contributed by atoms with Gasteiger partial charge in [-0.25, -0.2) is 0 Å². The van der Waals surface area contributed by atoms with Gasteiger partial charge in [0.2, 0.25) is 5.91 Å². The fourth-order valence-electron chi connectivity index (χ4n) is 2.97. The number of anilines is 2. The van der Waals surface area contributed by atoms with Crippen LogP contribution in [0.5, 0.6) is 0 Å². The van der Waals surface area contributed by atoms with E-state index >= 15 is 0 Å². The number of hydrogen-bond donors (Lipinski definition) is 1. The van der Waals surface area contributed by atoms with E-state index in [2.05, 4.69) is 16.8 Å². The van der Waals surface area contributed by atoms with Crippen molar-refractivity contribution in [3.05, 3.63) is 23.8 Å². The number of fused-ring (bicyclic) bond motifs is 1. The average Bonchev–Trinajstić information content (AvgIpc) is 2.81. The highest BCUT2D eigenvalue weighted by Gasteiger charge is 2.25. The molecule has 1 aromatic rings. The summed E-state index contributed by atoms with van der Waals surface area (Å²) < 4.78 is 0. The van der Waals surface area contributed by atoms with Crippen LogP contribution in [0.25, 0.3) is 0 Å². The Morgan fingerprint density at radius 2 is 1.95 bits per heavy atom. The van der Waals surface area contributed by atoms with Gasteiger partial charge in [0.15, 0.2) is 0 Å². The van der Waals surface area contributed by atoms with Crippen LogP contribution in [0.15, 0.2) is 18.2 Å². The van der Waals surface area contributed by atoms with Gasteiger partial charge in [-0.15, -0.1) is 0 Å². The zero-order valence-electron chi connectivity index (χ0n) is 12.0. The van der Waals surface area contributed by atoms with E-state index in [0.717, 1.165) is 44.8 Å². The predicted molar refractivity (Wildman–Crippen MR) is 80.8 cm³/mol. The number of carbonyl (C=O) groups excluding carboxylic acids is 1. The van der Waals surface area contributed by atoms with Gasteiger partial charge < -0.3 is 20.4 Å². The molecule has 0 radical (unpaired) electrons. The molecule has 1 fully saturated rings. The van der Waals surface area contributed by atoms with Crippen LogP contribution in [-0.2, 0) is 11.2 Å². The molecule has 2 heterocycles. The summed E-state index contributed by atoms with van der Waals surface area (Å²) >= 11 is 0. The molecule has 0 saturated carbocycles. The number of amides is 1. The van der Waals surface area contributed by atoms with E-state index in [1.54, 1.807) is 0 Å². The van der Waals surface area contributed by atoms with Crippen molar-refractivity contribution in [1.29, 1.82) is 0 Å². The van der Waals surface area contributed by atoms with Gasteiger partial charge in [-0.1, -0.05) is 0 Å². The van der Waals surface area contributed by atoms with Crippen molar-refractivity contribution < 1.29 is 4.79 Å². The molecule has 0 aliphatic carbocycles. The minimum atomic E-state index is 0.239. The van der Waals surface area contributed by atoms with Crippen molar-refractivity contribution in [1.82, 2.24) is 9.80 Å². The molecule has 5 nitrogen and oxygen atoms in total. The molecule has 108 valence electrons. The van der Waals surface area contributed by atoms with Crippen LogP contribution in [0.3, 0.4) is 0 Å². The highest BCUT2D eigenvalue weighted by atomic mass is 16.2. The van der Waals surface area contributed by atoms with Gasteiger partial charge in [0.1, 0.15) is 0 Å². The van der Waals surface area contributed by atoms with Gasteiger partial charge in [0.25, 0.3) is 0 Å². The molecule has 1 saturated heterocycles. The van der Waals surface area contributed by atoms with Crippen molar-refractivity contribution in [3.8, 4) is 0 Å². The van der Waals surface area contributed by atoms with Crippen molar-refractivity contribution in [2.45, 2.75) is 6.42 Å². The lowest BCUT2D eigenvalue weighted by Crippen LogP contribution is -2.50. The number of rotatable bonds is 2. The third-order valence-electron chi connectivity index (χ3n) is 4.28. The van der Waals surface area contributed by atoms with E-state index < -0.39 is 0 Å². The number of carbonyl (C=O) groups is 1. The van der Waals surface area contributed by atoms with Crippen molar-refractivity contribution >= 4 is 17.3 Å². The first kappa shape index (κ1) is 13.2. The van der Waals surface area contributed by atoms with E-state index in [1.165, 1.54) is 11.3 Å². The van der Waals surface area contributed by atoms with E-state index in [9.17, 15) is 4.79 Å². The number of likely N-dealkylation sites (N-methyl/N-ethyl adjacent to an activating group) is 1. The van der Waals surface area contributed by atoms with E-state index in [1.807, 2.05) is 23.1 Å². The Kier molecular flexibility index (Phi) is 3.53. The normalized spacial score (nSPS) is 19.2. The van der Waals surface area contributed by atoms with Gasteiger partial charge in [-0.3, -0.25) is 4.79 Å². The molecular weight excluding hydrogens is 252 g/mol. The van der Waals surface area contributed by atoms with Crippen LogP contribution in [0.4, 0.5) is 11.4 Å². The SMILES string of the molecule is CN1CCN(C(=O)CN2CCc3cc(N)ccc32)CC1. The van der Waals surface area contributed by atoms with Crippen LogP contribution in [0, 0.1) is 0 Å². The zero-order chi connectivity index (χ0) is 14.1. The molecule has 3 rings (SSSR count). The van der Waals surface area contributed by atoms with Crippen molar-refractivity contribution in [3.63, 3.8) is 0 Å². The molecule has 0 spiro atoms. The van der Waals surface area contributed by atoms with Gasteiger partial charge in [0, 0.05) is 44.1 Å². The van der Waals surface area contributed by atoms with Gasteiger partial charge >= 0.3 is 0 Å². The summed E-state index contributed by atoms with van der Waals surface area (Å²) in [4.78, 5) is 18.8. The molecule has 1 amide bonds. The minimum Gasteiger partial charge on any atom is -0.399 e. The smallest absolute Gasteiger partial charge is 0.242 e. The maximum atomic E-state index is 12.4. The van der Waals surface area contributed by atoms with Crippen molar-refractivity contribution in [2.24, 2.45) is 0 Å². The Bertz CT molecular complexity index is 509. The Labute approximate surface area is 119 Å². The Balaban J connectivity index is 1.64. The number of hydrogen-bond acceptors (Lipinski definition) is 4. The molecule has 2 aliphatic rings. The molecule has 0 bridgehead atoms. The molecular formula is C15H22N4O. The van der Waals surface area contributed by atoms with E-state index in [-0.39, 0.29) is 5.91 Å². The second-order valence-electron chi connectivity index (χ2n) is 5.74. The highest BCUT2D eigenvalue weighted by Crippen LogP contribution is 2.29. The number of benzene rings is 1. The minimum absolute atomic E-state index is 0.239. The number of nitrogen functional groups attached to an aromatic ring is 1. The molecule has 20 heavy (non-hydrogen) atoms. The summed E-state index contributed by atoms with van der Waals surface area (Å²) in [5.74, 6) is 0.239. The second-order valence-corrected chi connectivity index (χ2v) is 5.74. The van der Waals surface area contributed by atoms with Gasteiger partial charge in [0.05, 0.1) is 6.54 Å². The molecule has 2 aliphatic heterocycles. The van der Waals surface area contributed by atoms with Crippen LogP contribution < -0.4 is 10.6 Å². The van der Waals surface area contributed by atoms with Crippen LogP contribution in [0.1, 0.15) is 5.56 Å². The quantitative estimate of drug-likeness (QED) is 0.794. The first-order valence-corrected chi connectivity index (χ1v) is 7.23. The third-order valence-corrected chi connectivity index (χ3v) is 4.28. The third kappa shape index (κ3) is 2.58. The summed E-state index contributed by atoms with van der Waals surface area (Å²) in [7, 11) is 2.10. The summed E-state index contributed by atoms with van der Waals surface area (Å²) in [5, 5.41) is 0. The molecule has 0 unspecified atom stereocenters. The molecule has 1 aromatic carbocycles. The first-order valence-electron chi connectivity index (χ1n) is 7.23. The number of nitrogens with zero attached hydrogens (tertiary/aromatic N) is 3. The molecule has 2 N–H and O–H groups in total. The number of piperazine rings is 1. The summed E-state index contributed by atoms with van der Waals surface area (Å²) in [5.41, 5.74) is 9.04. The second kappa shape index (κ2) is 5.32. The summed E-state index contributed by atoms with van der Waals surface area (Å²) in [6, 6.07) is 5.97. The van der Waals surface area contributed by atoms with Crippen LogP contribution in [0.2, 0.25) is 0 Å². The van der Waals surface area contributed by atoms with Crippen LogP contribution in [-0.4, -0.2) is 62.0 Å². The Morgan fingerprint density at radius 1 is 1.20 bits per heavy atom. The molecule has 0 aromatic heterocycles. The topological polar surface area (TPSA) is 52.8 Å². The predicted octanol–water partition coefficient (Wildman–Crippen LogP) is 0.405. The summed E-state index contributed by atoms with van der Waals surface area (Å²) in [6.07, 6.45) is 0.983. The molecule has 5 heteroatoms. The molecule has 0 atom stereocenters. The number of nitrogens with two attached hydrogens (primary N) is 1. The lowest BCUT2D eigenvalue weighted by molar-refractivity contribution is -0.131. The average molecular weight is 274 g/mol. The Morgan fingerprint density at radius 3 is 2.70 bits per heavy atom. The standard InChI is InChI=1S/C15H22N4O/c1-17-6-8-18(9-7-17)15(20)11-19-5-4-12-10-13(16)2-3-14(12)19/h2-3,10H,4-9,11,16H2,1H3. The lowest BCUT2D eigenvalue weighted by atomic mass is 10.1. The maximum Gasteiger partial charge on any atom is 0.242 e. The first-order chi connectivity index (χ1) is 9.63. The summed E-state index contributed by atoms with van der Waals surface area (Å²) in [6.45, 7) is 5.03. The van der Waals surface area contributed by atoms with Crippen molar-refractivity contribution in [2.75, 3.05) is 56.9 Å². The lowest BCUT2D eigenvalue weighted by Gasteiger charge is -2.33. The van der Waals surface area contributed by atoms with Crippen LogP contribution >= 0.6 is 0 Å². The highest BCUT2D eigenvalue weighted by molar-refractivity contribution is 5.82. The zero-order valence-corrected chi connectivity index (χ0v) is 12.0.